The van der Waals surface area contributed by atoms with E-state index >= 15 is 0 Å². The molecule has 0 unspecified atom stereocenters. The van der Waals surface area contributed by atoms with E-state index < -0.39 is 5.97 Å². The number of carbonyl (C=O) groups is 3. The molecule has 1 aliphatic heterocycles. The van der Waals surface area contributed by atoms with Crippen molar-refractivity contribution in [2.24, 2.45) is 0 Å². The van der Waals surface area contributed by atoms with Gasteiger partial charge in [0, 0.05) is 32.9 Å². The molecule has 21 heavy (non-hydrogen) atoms. The van der Waals surface area contributed by atoms with Crippen LogP contribution in [0.1, 0.15) is 16.1 Å². The molecule has 1 aromatic rings. The molecule has 2 heterocycles. The van der Waals surface area contributed by atoms with E-state index in [1.54, 1.807) is 18.0 Å². The van der Waals surface area contributed by atoms with Gasteiger partial charge >= 0.3 is 12.0 Å². The monoisotopic (exact) mass is 292 g/mol. The van der Waals surface area contributed by atoms with Crippen molar-refractivity contribution < 1.29 is 19.5 Å². The second kappa shape index (κ2) is 6.21. The number of carbonyl (C=O) groups excluding carboxylic acids is 2. The van der Waals surface area contributed by atoms with Gasteiger partial charge in [-0.1, -0.05) is 6.07 Å². The van der Waals surface area contributed by atoms with E-state index in [1.165, 1.54) is 17.2 Å². The number of aromatic nitrogens is 1. The molecule has 0 radical (unpaired) electrons. The number of hydrogen-bond donors (Lipinski definition) is 2. The van der Waals surface area contributed by atoms with Crippen LogP contribution < -0.4 is 5.32 Å². The van der Waals surface area contributed by atoms with Gasteiger partial charge in [-0.2, -0.15) is 0 Å². The SMILES string of the molecule is CN1CCN(C(=O)NCc2ccc(C(=O)O)nc2)CC1=O. The Morgan fingerprint density at radius 2 is 2.14 bits per heavy atom. The molecule has 0 aromatic carbocycles. The first-order valence-electron chi connectivity index (χ1n) is 6.42. The lowest BCUT2D eigenvalue weighted by Crippen LogP contribution is -2.53. The predicted octanol–water partition coefficient (Wildman–Crippen LogP) is -0.237. The minimum atomic E-state index is -1.10. The fraction of sp³-hybridized carbons (Fsp3) is 0.385. The van der Waals surface area contributed by atoms with Crippen molar-refractivity contribution in [3.8, 4) is 0 Å². The molecule has 0 saturated carbocycles. The Morgan fingerprint density at radius 1 is 1.38 bits per heavy atom. The number of carboxylic acid groups (broad SMARTS) is 1. The second-order valence-electron chi connectivity index (χ2n) is 4.75. The lowest BCUT2D eigenvalue weighted by atomic mass is 10.2. The van der Waals surface area contributed by atoms with Crippen molar-refractivity contribution in [1.82, 2.24) is 20.1 Å². The van der Waals surface area contributed by atoms with Gasteiger partial charge in [0.05, 0.1) is 0 Å². The maximum absolute atomic E-state index is 11.9. The van der Waals surface area contributed by atoms with Crippen molar-refractivity contribution in [1.29, 1.82) is 0 Å². The largest absolute Gasteiger partial charge is 0.477 e. The van der Waals surface area contributed by atoms with E-state index in [0.29, 0.717) is 18.7 Å². The maximum atomic E-state index is 11.9. The van der Waals surface area contributed by atoms with E-state index in [4.69, 9.17) is 5.11 Å². The summed E-state index contributed by atoms with van der Waals surface area (Å²) in [4.78, 5) is 40.9. The molecule has 8 heteroatoms. The van der Waals surface area contributed by atoms with Crippen LogP contribution in [0.2, 0.25) is 0 Å². The highest BCUT2D eigenvalue weighted by molar-refractivity contribution is 5.85. The molecule has 1 saturated heterocycles. The third-order valence-corrected chi connectivity index (χ3v) is 3.23. The van der Waals surface area contributed by atoms with Gasteiger partial charge in [-0.15, -0.1) is 0 Å². The predicted molar refractivity (Wildman–Crippen MR) is 72.6 cm³/mol. The highest BCUT2D eigenvalue weighted by atomic mass is 16.4. The van der Waals surface area contributed by atoms with Crippen LogP contribution in [0.15, 0.2) is 18.3 Å². The molecule has 1 aliphatic rings. The van der Waals surface area contributed by atoms with Crippen molar-refractivity contribution in [2.45, 2.75) is 6.54 Å². The lowest BCUT2D eigenvalue weighted by molar-refractivity contribution is -0.133. The van der Waals surface area contributed by atoms with Crippen LogP contribution in [-0.2, 0) is 11.3 Å². The zero-order valence-electron chi connectivity index (χ0n) is 11.6. The van der Waals surface area contributed by atoms with Crippen LogP contribution in [-0.4, -0.2) is 64.5 Å². The average Bonchev–Trinajstić information content (AvgIpc) is 2.48. The Kier molecular flexibility index (Phi) is 4.36. The molecule has 2 N–H and O–H groups in total. The summed E-state index contributed by atoms with van der Waals surface area (Å²) in [5.74, 6) is -1.19. The van der Waals surface area contributed by atoms with Gasteiger partial charge < -0.3 is 20.2 Å². The van der Waals surface area contributed by atoms with E-state index in [9.17, 15) is 14.4 Å². The quantitative estimate of drug-likeness (QED) is 0.800. The zero-order chi connectivity index (χ0) is 15.4. The maximum Gasteiger partial charge on any atom is 0.354 e. The first kappa shape index (κ1) is 14.8. The van der Waals surface area contributed by atoms with E-state index in [1.807, 2.05) is 0 Å². The fourth-order valence-corrected chi connectivity index (χ4v) is 1.88. The Labute approximate surface area is 121 Å². The molecule has 2 rings (SSSR count). The number of carboxylic acids is 1. The van der Waals surface area contributed by atoms with Gasteiger partial charge in [0.1, 0.15) is 12.2 Å². The topological polar surface area (TPSA) is 103 Å². The average molecular weight is 292 g/mol. The summed E-state index contributed by atoms with van der Waals surface area (Å²) >= 11 is 0. The molecule has 112 valence electrons. The van der Waals surface area contributed by atoms with Crippen molar-refractivity contribution in [3.63, 3.8) is 0 Å². The molecule has 3 amide bonds. The molecule has 0 aliphatic carbocycles. The highest BCUT2D eigenvalue weighted by Crippen LogP contribution is 2.03. The highest BCUT2D eigenvalue weighted by Gasteiger charge is 2.24. The molecular weight excluding hydrogens is 276 g/mol. The molecule has 0 atom stereocenters. The van der Waals surface area contributed by atoms with Crippen LogP contribution >= 0.6 is 0 Å². The van der Waals surface area contributed by atoms with Crippen LogP contribution in [0.25, 0.3) is 0 Å². The van der Waals surface area contributed by atoms with E-state index in [2.05, 4.69) is 10.3 Å². The number of amides is 3. The fourth-order valence-electron chi connectivity index (χ4n) is 1.88. The number of rotatable bonds is 3. The van der Waals surface area contributed by atoms with Crippen LogP contribution in [0.5, 0.6) is 0 Å². The second-order valence-corrected chi connectivity index (χ2v) is 4.75. The number of likely N-dealkylation sites (N-methyl/N-ethyl adjacent to an activating group) is 1. The Morgan fingerprint density at radius 3 is 2.71 bits per heavy atom. The van der Waals surface area contributed by atoms with Gasteiger partial charge in [-0.3, -0.25) is 4.79 Å². The summed E-state index contributed by atoms with van der Waals surface area (Å²) in [6.07, 6.45) is 1.40. The number of hydrogen-bond acceptors (Lipinski definition) is 4. The van der Waals surface area contributed by atoms with Gasteiger partial charge in [0.25, 0.3) is 0 Å². The van der Waals surface area contributed by atoms with Crippen LogP contribution in [0, 0.1) is 0 Å². The normalized spacial score (nSPS) is 15.0. The Hall–Kier alpha value is -2.64. The van der Waals surface area contributed by atoms with Gasteiger partial charge in [-0.25, -0.2) is 14.6 Å². The molecule has 0 bridgehead atoms. The summed E-state index contributed by atoms with van der Waals surface area (Å²) in [6.45, 7) is 1.30. The summed E-state index contributed by atoms with van der Waals surface area (Å²) in [5, 5.41) is 11.4. The Bertz CT molecular complexity index is 558. The third-order valence-electron chi connectivity index (χ3n) is 3.23. The first-order valence-corrected chi connectivity index (χ1v) is 6.42. The third kappa shape index (κ3) is 3.68. The number of pyridine rings is 1. The summed E-state index contributed by atoms with van der Waals surface area (Å²) in [7, 11) is 1.70. The molecule has 1 fully saturated rings. The molecule has 1 aromatic heterocycles. The Balaban J connectivity index is 1.86. The van der Waals surface area contributed by atoms with Crippen molar-refractivity contribution in [3.05, 3.63) is 29.6 Å². The minimum absolute atomic E-state index is 0.0465. The number of aromatic carboxylic acids is 1. The molecular formula is C13H16N4O4. The van der Waals surface area contributed by atoms with E-state index in [-0.39, 0.29) is 30.7 Å². The van der Waals surface area contributed by atoms with Crippen LogP contribution in [0.3, 0.4) is 0 Å². The number of nitrogens with zero attached hydrogens (tertiary/aromatic N) is 3. The van der Waals surface area contributed by atoms with Crippen LogP contribution in [0.4, 0.5) is 4.79 Å². The minimum Gasteiger partial charge on any atom is -0.477 e. The lowest BCUT2D eigenvalue weighted by Gasteiger charge is -2.31. The van der Waals surface area contributed by atoms with Gasteiger partial charge in [0.15, 0.2) is 0 Å². The number of piperazine rings is 1. The van der Waals surface area contributed by atoms with E-state index in [0.717, 1.165) is 0 Å². The summed E-state index contributed by atoms with van der Waals surface area (Å²) in [5.41, 5.74) is 0.642. The first-order chi connectivity index (χ1) is 9.97. The number of nitrogens with one attached hydrogen (secondary N) is 1. The van der Waals surface area contributed by atoms with Gasteiger partial charge in [0.2, 0.25) is 5.91 Å². The van der Waals surface area contributed by atoms with Gasteiger partial charge in [-0.05, 0) is 11.6 Å². The van der Waals surface area contributed by atoms with Crippen molar-refractivity contribution in [2.75, 3.05) is 26.7 Å². The smallest absolute Gasteiger partial charge is 0.354 e. The van der Waals surface area contributed by atoms with Crippen molar-refractivity contribution >= 4 is 17.9 Å². The summed E-state index contributed by atoms with van der Waals surface area (Å²) in [6, 6.07) is 2.65. The molecule has 0 spiro atoms. The number of urea groups is 1. The standard InChI is InChI=1S/C13H16N4O4/c1-16-4-5-17(8-11(16)18)13(21)15-7-9-2-3-10(12(19)20)14-6-9/h2-3,6H,4-5,7-8H2,1H3,(H,15,21)(H,19,20). The summed E-state index contributed by atoms with van der Waals surface area (Å²) < 4.78 is 0. The zero-order valence-corrected chi connectivity index (χ0v) is 11.6. The molecule has 8 nitrogen and oxygen atoms in total.